The van der Waals surface area contributed by atoms with Gasteiger partial charge in [0.15, 0.2) is 0 Å². The van der Waals surface area contributed by atoms with Crippen molar-refractivity contribution < 1.29 is 54.1 Å². The van der Waals surface area contributed by atoms with E-state index in [0.717, 1.165) is 10.9 Å². The number of aromatic nitrogens is 1. The molecule has 2 atom stereocenters. The zero-order chi connectivity index (χ0) is 23.4. The number of carboxylic acid groups (broad SMARTS) is 1. The van der Waals surface area contributed by atoms with Gasteiger partial charge in [-0.15, -0.1) is 0 Å². The summed E-state index contributed by atoms with van der Waals surface area (Å²) in [6.45, 7) is 3.97. The predicted molar refractivity (Wildman–Crippen MR) is 119 cm³/mol. The molecule has 0 bridgehead atoms. The van der Waals surface area contributed by atoms with Crippen molar-refractivity contribution in [2.24, 2.45) is 0 Å². The van der Waals surface area contributed by atoms with Crippen LogP contribution in [-0.4, -0.2) is 33.0 Å². The van der Waals surface area contributed by atoms with Crippen LogP contribution in [0.1, 0.15) is 43.9 Å². The van der Waals surface area contributed by atoms with Crippen molar-refractivity contribution in [2.75, 3.05) is 0 Å². The Morgan fingerprint density at radius 1 is 1.09 bits per heavy atom. The van der Waals surface area contributed by atoms with Crippen molar-refractivity contribution in [3.05, 3.63) is 82.0 Å². The van der Waals surface area contributed by atoms with E-state index in [-0.39, 0.29) is 47.5 Å². The second kappa shape index (κ2) is 11.7. The molecule has 0 unspecified atom stereocenters. The van der Waals surface area contributed by atoms with Crippen LogP contribution < -0.4 is 40.2 Å². The molecule has 2 aromatic carbocycles. The maximum Gasteiger partial charge on any atom is 1.00 e. The van der Waals surface area contributed by atoms with Gasteiger partial charge in [-0.05, 0) is 53.3 Å². The number of fused-ring (bicyclic) bond motifs is 1. The van der Waals surface area contributed by atoms with Gasteiger partial charge in [-0.25, -0.2) is 4.39 Å². The average molecular weight is 461 g/mol. The van der Waals surface area contributed by atoms with E-state index in [9.17, 15) is 29.3 Å². The quantitative estimate of drug-likeness (QED) is 0.442. The van der Waals surface area contributed by atoms with Gasteiger partial charge in [0.2, 0.25) is 0 Å². The van der Waals surface area contributed by atoms with Crippen molar-refractivity contribution in [3.63, 3.8) is 0 Å². The van der Waals surface area contributed by atoms with E-state index in [2.05, 4.69) is 0 Å². The van der Waals surface area contributed by atoms with Crippen molar-refractivity contribution in [3.8, 4) is 5.69 Å². The number of halogens is 1. The van der Waals surface area contributed by atoms with Gasteiger partial charge in [0, 0.05) is 29.9 Å². The number of aliphatic carboxylic acids is 1. The minimum absolute atomic E-state index is 0. The SMILES string of the molecule is CC(C)c1c(C=C[C@@H](O)C[C@@H](O)CC(=O)[O-])n(-c2ccc(F)cc2)c(=O)c2ccccc12.[Na+]. The molecule has 1 heterocycles. The Hall–Kier alpha value is -2.29. The summed E-state index contributed by atoms with van der Waals surface area (Å²) in [5.74, 6) is -1.83. The Bertz CT molecular complexity index is 1200. The molecule has 168 valence electrons. The third-order valence-electron chi connectivity index (χ3n) is 5.22. The number of rotatable bonds is 8. The zero-order valence-electron chi connectivity index (χ0n) is 18.9. The Morgan fingerprint density at radius 3 is 2.27 bits per heavy atom. The van der Waals surface area contributed by atoms with Crippen LogP contribution in [0.25, 0.3) is 22.5 Å². The maximum absolute atomic E-state index is 13.5. The molecule has 0 saturated heterocycles. The van der Waals surface area contributed by atoms with Gasteiger partial charge >= 0.3 is 29.6 Å². The standard InChI is InChI=1S/C25H26FNO5.Na/c1-15(2)24-20-5-3-4-6-21(20)25(32)27(17-9-7-16(26)8-10-17)22(24)12-11-18(28)13-19(29)14-23(30)31;/h3-12,15,18-19,28-29H,13-14H2,1-2H3,(H,30,31);/q;+1/p-1/t18-,19-;/m1./s1. The van der Waals surface area contributed by atoms with Gasteiger partial charge in [0.25, 0.3) is 5.56 Å². The second-order valence-electron chi connectivity index (χ2n) is 8.01. The van der Waals surface area contributed by atoms with Gasteiger partial charge in [0.1, 0.15) is 5.82 Å². The summed E-state index contributed by atoms with van der Waals surface area (Å²) in [5, 5.41) is 32.0. The Morgan fingerprint density at radius 2 is 1.70 bits per heavy atom. The van der Waals surface area contributed by atoms with Crippen LogP contribution in [-0.2, 0) is 4.79 Å². The molecule has 0 aliphatic heterocycles. The summed E-state index contributed by atoms with van der Waals surface area (Å²) < 4.78 is 15.0. The largest absolute Gasteiger partial charge is 1.00 e. The monoisotopic (exact) mass is 461 g/mol. The van der Waals surface area contributed by atoms with Gasteiger partial charge in [0.05, 0.1) is 17.9 Å². The second-order valence-corrected chi connectivity index (χ2v) is 8.01. The normalized spacial score (nSPS) is 13.3. The van der Waals surface area contributed by atoms with Crippen LogP contribution in [0, 0.1) is 5.82 Å². The first-order chi connectivity index (χ1) is 15.2. The minimum Gasteiger partial charge on any atom is -0.550 e. The van der Waals surface area contributed by atoms with Crippen LogP contribution in [0.2, 0.25) is 0 Å². The molecule has 8 heteroatoms. The van der Waals surface area contributed by atoms with E-state index < -0.39 is 30.4 Å². The van der Waals surface area contributed by atoms with Gasteiger partial charge in [-0.2, -0.15) is 0 Å². The fourth-order valence-corrected chi connectivity index (χ4v) is 3.85. The molecule has 33 heavy (non-hydrogen) atoms. The number of aliphatic hydroxyl groups is 2. The van der Waals surface area contributed by atoms with Crippen molar-refractivity contribution in [2.45, 2.75) is 44.8 Å². The van der Waals surface area contributed by atoms with Crippen LogP contribution in [0.5, 0.6) is 0 Å². The van der Waals surface area contributed by atoms with Crippen molar-refractivity contribution in [1.29, 1.82) is 0 Å². The smallest absolute Gasteiger partial charge is 0.550 e. The van der Waals surface area contributed by atoms with E-state index in [0.29, 0.717) is 16.8 Å². The summed E-state index contributed by atoms with van der Waals surface area (Å²) in [6.07, 6.45) is -0.196. The van der Waals surface area contributed by atoms with E-state index in [4.69, 9.17) is 0 Å². The number of nitrogens with zero attached hydrogens (tertiary/aromatic N) is 1. The molecule has 0 radical (unpaired) electrons. The topological polar surface area (TPSA) is 103 Å². The molecular weight excluding hydrogens is 436 g/mol. The van der Waals surface area contributed by atoms with E-state index in [1.54, 1.807) is 18.2 Å². The Balaban J connectivity index is 0.00000385. The molecule has 3 rings (SSSR count). The van der Waals surface area contributed by atoms with E-state index in [1.807, 2.05) is 26.0 Å². The van der Waals surface area contributed by atoms with Gasteiger partial charge in [-0.3, -0.25) is 9.36 Å². The van der Waals surface area contributed by atoms with Crippen LogP contribution in [0.4, 0.5) is 4.39 Å². The molecule has 0 saturated carbocycles. The maximum atomic E-state index is 13.5. The number of hydrogen-bond acceptors (Lipinski definition) is 5. The third kappa shape index (κ3) is 6.40. The Labute approximate surface area is 213 Å². The minimum atomic E-state index is -1.41. The molecule has 6 nitrogen and oxygen atoms in total. The Kier molecular flexibility index (Phi) is 9.57. The molecule has 2 N–H and O–H groups in total. The number of carbonyl (C=O) groups is 1. The molecule has 0 fully saturated rings. The summed E-state index contributed by atoms with van der Waals surface area (Å²) >= 11 is 0. The first-order valence-electron chi connectivity index (χ1n) is 10.4. The van der Waals surface area contributed by atoms with E-state index in [1.165, 1.54) is 34.9 Å². The number of carboxylic acids is 1. The third-order valence-corrected chi connectivity index (χ3v) is 5.22. The van der Waals surface area contributed by atoms with E-state index >= 15 is 0 Å². The molecule has 3 aromatic rings. The number of pyridine rings is 1. The molecular formula is C25H25FNNaO5. The summed E-state index contributed by atoms with van der Waals surface area (Å²) in [4.78, 5) is 24.1. The first kappa shape index (κ1) is 27.0. The number of hydrogen-bond donors (Lipinski definition) is 2. The van der Waals surface area contributed by atoms with Crippen LogP contribution in [0.3, 0.4) is 0 Å². The number of carbonyl (C=O) groups excluding carboxylic acids is 1. The van der Waals surface area contributed by atoms with Gasteiger partial charge in [-0.1, -0.05) is 38.1 Å². The zero-order valence-corrected chi connectivity index (χ0v) is 20.9. The van der Waals surface area contributed by atoms with Crippen molar-refractivity contribution >= 4 is 22.8 Å². The summed E-state index contributed by atoms with van der Waals surface area (Å²) in [5.41, 5.74) is 1.56. The number of benzene rings is 2. The predicted octanol–water partition coefficient (Wildman–Crippen LogP) is -0.478. The molecule has 0 aliphatic rings. The number of aliphatic hydroxyl groups excluding tert-OH is 2. The molecule has 0 aliphatic carbocycles. The van der Waals surface area contributed by atoms with Crippen LogP contribution >= 0.6 is 0 Å². The van der Waals surface area contributed by atoms with Crippen molar-refractivity contribution in [1.82, 2.24) is 4.57 Å². The molecule has 0 amide bonds. The fourth-order valence-electron chi connectivity index (χ4n) is 3.85. The van der Waals surface area contributed by atoms with Gasteiger partial charge < -0.3 is 20.1 Å². The average Bonchev–Trinajstić information content (AvgIpc) is 2.72. The molecule has 0 spiro atoms. The molecule has 1 aromatic heterocycles. The summed E-state index contributed by atoms with van der Waals surface area (Å²) in [7, 11) is 0. The fraction of sp³-hybridized carbons (Fsp3) is 0.280. The first-order valence-corrected chi connectivity index (χ1v) is 10.4. The summed E-state index contributed by atoms with van der Waals surface area (Å²) in [6, 6.07) is 12.8. The van der Waals surface area contributed by atoms with Crippen LogP contribution in [0.15, 0.2) is 59.4 Å².